The van der Waals surface area contributed by atoms with Crippen LogP contribution in [0.15, 0.2) is 18.2 Å². The predicted octanol–water partition coefficient (Wildman–Crippen LogP) is 1.97. The first-order valence-electron chi connectivity index (χ1n) is 7.80. The van der Waals surface area contributed by atoms with Crippen LogP contribution < -0.4 is 16.4 Å². The molecule has 0 aliphatic heterocycles. The van der Waals surface area contributed by atoms with Crippen molar-refractivity contribution in [1.82, 2.24) is 10.6 Å². The lowest BCUT2D eigenvalue weighted by molar-refractivity contribution is -0.127. The van der Waals surface area contributed by atoms with Crippen molar-refractivity contribution in [3.05, 3.63) is 34.6 Å². The lowest BCUT2D eigenvalue weighted by atomic mass is 9.84. The standard InChI is InChI=1S/C17H25ClFN3O2/c1-10(2)15(20)16(24)21-8-13(23)22-9-17(3,4)14-11(18)6-5-7-12(14)19/h5-7,10,15H,8-9,20H2,1-4H3,(H,21,24)(H,22,23)/t15-/m0/s1. The Morgan fingerprint density at radius 2 is 1.92 bits per heavy atom. The second-order valence-electron chi connectivity index (χ2n) is 6.74. The first-order chi connectivity index (χ1) is 11.1. The first kappa shape index (κ1) is 20.4. The van der Waals surface area contributed by atoms with Crippen molar-refractivity contribution in [1.29, 1.82) is 0 Å². The number of hydrogen-bond donors (Lipinski definition) is 3. The number of nitrogens with two attached hydrogens (primary N) is 1. The zero-order valence-electron chi connectivity index (χ0n) is 14.5. The maximum absolute atomic E-state index is 14.0. The van der Waals surface area contributed by atoms with Gasteiger partial charge in [-0.2, -0.15) is 0 Å². The van der Waals surface area contributed by atoms with Crippen LogP contribution >= 0.6 is 11.6 Å². The molecule has 0 aliphatic carbocycles. The van der Waals surface area contributed by atoms with Crippen molar-refractivity contribution < 1.29 is 14.0 Å². The Kier molecular flexibility index (Phi) is 7.17. The molecule has 0 fully saturated rings. The minimum atomic E-state index is -0.698. The second-order valence-corrected chi connectivity index (χ2v) is 7.15. The van der Waals surface area contributed by atoms with Crippen molar-refractivity contribution in [3.8, 4) is 0 Å². The fourth-order valence-electron chi connectivity index (χ4n) is 2.20. The van der Waals surface area contributed by atoms with E-state index in [2.05, 4.69) is 10.6 Å². The molecular formula is C17H25ClFN3O2. The van der Waals surface area contributed by atoms with Gasteiger partial charge < -0.3 is 16.4 Å². The van der Waals surface area contributed by atoms with E-state index >= 15 is 0 Å². The predicted molar refractivity (Wildman–Crippen MR) is 93.3 cm³/mol. The fraction of sp³-hybridized carbons (Fsp3) is 0.529. The van der Waals surface area contributed by atoms with Crippen LogP contribution in [0.25, 0.3) is 0 Å². The van der Waals surface area contributed by atoms with Gasteiger partial charge in [0.2, 0.25) is 11.8 Å². The van der Waals surface area contributed by atoms with Crippen LogP contribution in [0, 0.1) is 11.7 Å². The summed E-state index contributed by atoms with van der Waals surface area (Å²) in [6.07, 6.45) is 0. The number of rotatable bonds is 7. The molecule has 24 heavy (non-hydrogen) atoms. The zero-order chi connectivity index (χ0) is 18.5. The topological polar surface area (TPSA) is 84.2 Å². The molecule has 0 aromatic heterocycles. The van der Waals surface area contributed by atoms with E-state index in [4.69, 9.17) is 17.3 Å². The van der Waals surface area contributed by atoms with Crippen LogP contribution in [0.4, 0.5) is 4.39 Å². The molecule has 0 aliphatic rings. The van der Waals surface area contributed by atoms with Crippen molar-refractivity contribution in [3.63, 3.8) is 0 Å². The molecule has 0 spiro atoms. The lowest BCUT2D eigenvalue weighted by Crippen LogP contribution is -2.48. The lowest BCUT2D eigenvalue weighted by Gasteiger charge is -2.27. The fourth-order valence-corrected chi connectivity index (χ4v) is 2.62. The van der Waals surface area contributed by atoms with Crippen LogP contribution in [0.3, 0.4) is 0 Å². The van der Waals surface area contributed by atoms with Crippen LogP contribution in [0.2, 0.25) is 5.02 Å². The van der Waals surface area contributed by atoms with E-state index in [1.165, 1.54) is 12.1 Å². The van der Waals surface area contributed by atoms with E-state index in [0.717, 1.165) is 0 Å². The second kappa shape index (κ2) is 8.44. The Morgan fingerprint density at radius 3 is 2.46 bits per heavy atom. The Morgan fingerprint density at radius 1 is 1.29 bits per heavy atom. The van der Waals surface area contributed by atoms with E-state index in [-0.39, 0.29) is 30.8 Å². The zero-order valence-corrected chi connectivity index (χ0v) is 15.2. The van der Waals surface area contributed by atoms with E-state index in [1.54, 1.807) is 19.9 Å². The minimum Gasteiger partial charge on any atom is -0.354 e. The molecule has 2 amide bonds. The van der Waals surface area contributed by atoms with Gasteiger partial charge in [0.1, 0.15) is 5.82 Å². The molecule has 1 rings (SSSR count). The Labute approximate surface area is 147 Å². The van der Waals surface area contributed by atoms with E-state index in [9.17, 15) is 14.0 Å². The average molecular weight is 358 g/mol. The molecule has 1 atom stereocenters. The van der Waals surface area contributed by atoms with Gasteiger partial charge in [-0.05, 0) is 18.1 Å². The van der Waals surface area contributed by atoms with Gasteiger partial charge in [0, 0.05) is 22.5 Å². The van der Waals surface area contributed by atoms with E-state index < -0.39 is 17.3 Å². The molecular weight excluding hydrogens is 333 g/mol. The highest BCUT2D eigenvalue weighted by molar-refractivity contribution is 6.31. The number of hydrogen-bond acceptors (Lipinski definition) is 3. The van der Waals surface area contributed by atoms with Crippen molar-refractivity contribution >= 4 is 23.4 Å². The summed E-state index contributed by atoms with van der Waals surface area (Å²) in [4.78, 5) is 23.6. The Hall–Kier alpha value is -1.66. The van der Waals surface area contributed by atoms with Gasteiger partial charge in [0.15, 0.2) is 0 Å². The third kappa shape index (κ3) is 5.46. The highest BCUT2D eigenvalue weighted by atomic mass is 35.5. The summed E-state index contributed by atoms with van der Waals surface area (Å²) in [5.41, 5.74) is 5.35. The molecule has 0 saturated heterocycles. The largest absolute Gasteiger partial charge is 0.354 e. The third-order valence-electron chi connectivity index (χ3n) is 3.81. The maximum Gasteiger partial charge on any atom is 0.239 e. The number of carbonyl (C=O) groups is 2. The maximum atomic E-state index is 14.0. The normalized spacial score (nSPS) is 12.8. The van der Waals surface area contributed by atoms with Gasteiger partial charge in [0.25, 0.3) is 0 Å². The van der Waals surface area contributed by atoms with Crippen molar-refractivity contribution in [2.45, 2.75) is 39.2 Å². The van der Waals surface area contributed by atoms with Gasteiger partial charge in [-0.1, -0.05) is 45.4 Å². The minimum absolute atomic E-state index is 0.0183. The van der Waals surface area contributed by atoms with Crippen molar-refractivity contribution in [2.24, 2.45) is 11.7 Å². The van der Waals surface area contributed by atoms with Crippen LogP contribution in [-0.4, -0.2) is 30.9 Å². The number of benzene rings is 1. The first-order valence-corrected chi connectivity index (χ1v) is 8.18. The van der Waals surface area contributed by atoms with Crippen LogP contribution in [0.5, 0.6) is 0 Å². The molecule has 4 N–H and O–H groups in total. The summed E-state index contributed by atoms with van der Waals surface area (Å²) in [6, 6.07) is 3.81. The summed E-state index contributed by atoms with van der Waals surface area (Å²) in [5.74, 6) is -1.19. The Bertz CT molecular complexity index is 585. The SMILES string of the molecule is CC(C)[C@H](N)C(=O)NCC(=O)NCC(C)(C)c1c(F)cccc1Cl. The van der Waals surface area contributed by atoms with Crippen LogP contribution in [-0.2, 0) is 15.0 Å². The molecule has 0 bridgehead atoms. The third-order valence-corrected chi connectivity index (χ3v) is 4.13. The van der Waals surface area contributed by atoms with Gasteiger partial charge in [-0.15, -0.1) is 0 Å². The van der Waals surface area contributed by atoms with Gasteiger partial charge >= 0.3 is 0 Å². The molecule has 5 nitrogen and oxygen atoms in total. The molecule has 7 heteroatoms. The van der Waals surface area contributed by atoms with E-state index in [1.807, 2.05) is 13.8 Å². The summed E-state index contributed by atoms with van der Waals surface area (Å²) < 4.78 is 14.0. The number of carbonyl (C=O) groups excluding carboxylic acids is 2. The van der Waals surface area contributed by atoms with Crippen molar-refractivity contribution in [2.75, 3.05) is 13.1 Å². The highest BCUT2D eigenvalue weighted by Gasteiger charge is 2.27. The summed E-state index contributed by atoms with van der Waals surface area (Å²) in [7, 11) is 0. The quantitative estimate of drug-likeness (QED) is 0.697. The monoisotopic (exact) mass is 357 g/mol. The number of amides is 2. The summed E-state index contributed by atoms with van der Waals surface area (Å²) in [6.45, 7) is 7.21. The molecule has 0 saturated carbocycles. The molecule has 0 radical (unpaired) electrons. The number of halogens is 2. The molecule has 0 unspecified atom stereocenters. The van der Waals surface area contributed by atoms with Crippen LogP contribution in [0.1, 0.15) is 33.3 Å². The molecule has 0 heterocycles. The molecule has 134 valence electrons. The number of nitrogens with one attached hydrogen (secondary N) is 2. The van der Waals surface area contributed by atoms with Gasteiger partial charge in [-0.25, -0.2) is 4.39 Å². The molecule has 1 aromatic rings. The molecule has 1 aromatic carbocycles. The highest BCUT2D eigenvalue weighted by Crippen LogP contribution is 2.31. The summed E-state index contributed by atoms with van der Waals surface area (Å²) in [5, 5.41) is 5.48. The summed E-state index contributed by atoms with van der Waals surface area (Å²) >= 11 is 6.07. The van der Waals surface area contributed by atoms with Gasteiger partial charge in [0.05, 0.1) is 12.6 Å². The smallest absolute Gasteiger partial charge is 0.239 e. The van der Waals surface area contributed by atoms with E-state index in [0.29, 0.717) is 10.6 Å². The average Bonchev–Trinajstić information content (AvgIpc) is 2.49. The van der Waals surface area contributed by atoms with Gasteiger partial charge in [-0.3, -0.25) is 9.59 Å². The Balaban J connectivity index is 2.59.